The summed E-state index contributed by atoms with van der Waals surface area (Å²) in [4.78, 5) is 11.7. The zero-order chi connectivity index (χ0) is 15.8. The highest BCUT2D eigenvalue weighted by atomic mass is 127. The van der Waals surface area contributed by atoms with Gasteiger partial charge in [0.15, 0.2) is 0 Å². The van der Waals surface area contributed by atoms with E-state index in [0.29, 0.717) is 14.2 Å². The standard InChI is InChI=1S/C13H9ClF3IO3/c1-2-20-12(19)7-3-6-4-8(14)9(18)5-10(6)21-11(7)13(15,16)17/h3-5,11H,2H2,1H3. The van der Waals surface area contributed by atoms with Gasteiger partial charge in [0.2, 0.25) is 6.10 Å². The number of benzene rings is 1. The molecule has 1 aliphatic heterocycles. The van der Waals surface area contributed by atoms with Gasteiger partial charge in [-0.3, -0.25) is 0 Å². The molecule has 0 saturated carbocycles. The predicted octanol–water partition coefficient (Wildman–Crippen LogP) is 4.21. The first kappa shape index (κ1) is 16.4. The fourth-order valence-electron chi connectivity index (χ4n) is 1.82. The van der Waals surface area contributed by atoms with Gasteiger partial charge in [0, 0.05) is 9.13 Å². The van der Waals surface area contributed by atoms with Crippen LogP contribution in [0.4, 0.5) is 13.2 Å². The maximum absolute atomic E-state index is 13.1. The summed E-state index contributed by atoms with van der Waals surface area (Å²) in [5, 5.41) is 0.364. The lowest BCUT2D eigenvalue weighted by Crippen LogP contribution is -2.40. The molecule has 0 aliphatic carbocycles. The minimum Gasteiger partial charge on any atom is -0.475 e. The van der Waals surface area contributed by atoms with Crippen LogP contribution < -0.4 is 4.74 Å². The smallest absolute Gasteiger partial charge is 0.430 e. The molecule has 8 heteroatoms. The first-order valence-electron chi connectivity index (χ1n) is 5.85. The van der Waals surface area contributed by atoms with Crippen LogP contribution in [-0.4, -0.2) is 24.9 Å². The molecule has 0 bridgehead atoms. The maximum Gasteiger partial charge on any atom is 0.430 e. The topological polar surface area (TPSA) is 35.5 Å². The lowest BCUT2D eigenvalue weighted by molar-refractivity contribution is -0.187. The molecule has 1 unspecified atom stereocenters. The lowest BCUT2D eigenvalue weighted by atomic mass is 10.0. The molecule has 0 spiro atoms. The summed E-state index contributed by atoms with van der Waals surface area (Å²) in [7, 11) is 0. The number of carbonyl (C=O) groups excluding carboxylic acids is 1. The molecule has 0 amide bonds. The Kier molecular flexibility index (Phi) is 4.72. The van der Waals surface area contributed by atoms with Gasteiger partial charge < -0.3 is 9.47 Å². The van der Waals surface area contributed by atoms with Crippen molar-refractivity contribution < 1.29 is 27.4 Å². The summed E-state index contributed by atoms with van der Waals surface area (Å²) in [6.07, 6.45) is -5.96. The van der Waals surface area contributed by atoms with Gasteiger partial charge in [-0.25, -0.2) is 4.79 Å². The largest absolute Gasteiger partial charge is 0.475 e. The molecule has 0 fully saturated rings. The Hall–Kier alpha value is -0.960. The van der Waals surface area contributed by atoms with Crippen molar-refractivity contribution in [3.8, 4) is 5.75 Å². The summed E-state index contributed by atoms with van der Waals surface area (Å²) in [5.74, 6) is -1.03. The van der Waals surface area contributed by atoms with E-state index in [1.807, 2.05) is 22.6 Å². The minimum absolute atomic E-state index is 0.0267. The molecule has 1 atom stereocenters. The molecule has 1 aromatic carbocycles. The number of carbonyl (C=O) groups is 1. The quantitative estimate of drug-likeness (QED) is 0.519. The summed E-state index contributed by atoms with van der Waals surface area (Å²) in [6, 6.07) is 2.85. The highest BCUT2D eigenvalue weighted by Crippen LogP contribution is 2.39. The third-order valence-electron chi connectivity index (χ3n) is 2.70. The molecule has 0 saturated heterocycles. The Bertz CT molecular complexity index is 613. The summed E-state index contributed by atoms with van der Waals surface area (Å²) in [5.41, 5.74) is -0.280. The number of ether oxygens (including phenoxy) is 2. The van der Waals surface area contributed by atoms with Crippen LogP contribution in [0.25, 0.3) is 6.08 Å². The molecule has 0 N–H and O–H groups in total. The van der Waals surface area contributed by atoms with E-state index in [0.717, 1.165) is 6.08 Å². The zero-order valence-electron chi connectivity index (χ0n) is 10.6. The van der Waals surface area contributed by atoms with Crippen molar-refractivity contribution in [3.63, 3.8) is 0 Å². The van der Waals surface area contributed by atoms with Crippen molar-refractivity contribution in [2.24, 2.45) is 0 Å². The molecule has 1 heterocycles. The van der Waals surface area contributed by atoms with Gasteiger partial charge in [-0.05, 0) is 47.7 Å². The number of rotatable bonds is 2. The number of hydrogen-bond donors (Lipinski definition) is 0. The van der Waals surface area contributed by atoms with Crippen LogP contribution in [0.1, 0.15) is 12.5 Å². The van der Waals surface area contributed by atoms with Crippen LogP contribution in [0.3, 0.4) is 0 Å². The molecule has 3 nitrogen and oxygen atoms in total. The van der Waals surface area contributed by atoms with Gasteiger partial charge in [-0.15, -0.1) is 0 Å². The van der Waals surface area contributed by atoms with Gasteiger partial charge in [0.05, 0.1) is 17.2 Å². The second-order valence-corrected chi connectivity index (χ2v) is 5.73. The Balaban J connectivity index is 2.52. The number of hydrogen-bond acceptors (Lipinski definition) is 3. The Morgan fingerprint density at radius 2 is 2.14 bits per heavy atom. The summed E-state index contributed by atoms with van der Waals surface area (Å²) < 4.78 is 49.4. The van der Waals surface area contributed by atoms with Gasteiger partial charge >= 0.3 is 12.1 Å². The van der Waals surface area contributed by atoms with E-state index < -0.39 is 23.8 Å². The van der Waals surface area contributed by atoms with Crippen LogP contribution in [0.15, 0.2) is 17.7 Å². The summed E-state index contributed by atoms with van der Waals surface area (Å²) >= 11 is 7.81. The van der Waals surface area contributed by atoms with Crippen LogP contribution in [0, 0.1) is 3.57 Å². The second kappa shape index (κ2) is 6.04. The van der Waals surface area contributed by atoms with Crippen LogP contribution in [-0.2, 0) is 9.53 Å². The molecular formula is C13H9ClF3IO3. The van der Waals surface area contributed by atoms with Crippen molar-refractivity contribution in [1.29, 1.82) is 0 Å². The first-order valence-corrected chi connectivity index (χ1v) is 7.30. The lowest BCUT2D eigenvalue weighted by Gasteiger charge is -2.28. The number of halogens is 5. The number of alkyl halides is 3. The molecule has 1 aromatic rings. The van der Waals surface area contributed by atoms with E-state index in [-0.39, 0.29) is 12.4 Å². The molecule has 0 aromatic heterocycles. The maximum atomic E-state index is 13.1. The second-order valence-electron chi connectivity index (χ2n) is 4.16. The molecule has 1 aliphatic rings. The zero-order valence-corrected chi connectivity index (χ0v) is 13.5. The van der Waals surface area contributed by atoms with Crippen molar-refractivity contribution in [2.75, 3.05) is 6.61 Å². The molecule has 2 rings (SSSR count). The van der Waals surface area contributed by atoms with Gasteiger partial charge in [0.1, 0.15) is 5.75 Å². The van der Waals surface area contributed by atoms with E-state index in [4.69, 9.17) is 16.3 Å². The SMILES string of the molecule is CCOC(=O)C1=Cc2cc(Cl)c(I)cc2OC1C(F)(F)F. The monoisotopic (exact) mass is 432 g/mol. The average Bonchev–Trinajstić information content (AvgIpc) is 2.38. The Labute approximate surface area is 137 Å². The van der Waals surface area contributed by atoms with E-state index >= 15 is 0 Å². The molecular weight excluding hydrogens is 423 g/mol. The summed E-state index contributed by atoms with van der Waals surface area (Å²) in [6.45, 7) is 1.49. The van der Waals surface area contributed by atoms with Gasteiger partial charge in [-0.1, -0.05) is 11.6 Å². The van der Waals surface area contributed by atoms with Crippen molar-refractivity contribution in [3.05, 3.63) is 31.9 Å². The highest BCUT2D eigenvalue weighted by molar-refractivity contribution is 14.1. The van der Waals surface area contributed by atoms with E-state index in [2.05, 4.69) is 4.74 Å². The van der Waals surface area contributed by atoms with Gasteiger partial charge in [-0.2, -0.15) is 13.2 Å². The Morgan fingerprint density at radius 3 is 2.71 bits per heavy atom. The van der Waals surface area contributed by atoms with Crippen molar-refractivity contribution in [1.82, 2.24) is 0 Å². The fourth-order valence-corrected chi connectivity index (χ4v) is 2.43. The molecule has 21 heavy (non-hydrogen) atoms. The third kappa shape index (κ3) is 3.45. The average molecular weight is 433 g/mol. The van der Waals surface area contributed by atoms with E-state index in [1.54, 1.807) is 0 Å². The normalized spacial score (nSPS) is 17.6. The molecule has 0 radical (unpaired) electrons. The minimum atomic E-state index is -4.72. The van der Waals surface area contributed by atoms with E-state index in [9.17, 15) is 18.0 Å². The van der Waals surface area contributed by atoms with Crippen molar-refractivity contribution in [2.45, 2.75) is 19.2 Å². The van der Waals surface area contributed by atoms with Gasteiger partial charge in [0.25, 0.3) is 0 Å². The third-order valence-corrected chi connectivity index (χ3v) is 4.22. The predicted molar refractivity (Wildman–Crippen MR) is 79.3 cm³/mol. The van der Waals surface area contributed by atoms with Crippen LogP contribution in [0.2, 0.25) is 5.02 Å². The fraction of sp³-hybridized carbons (Fsp3) is 0.308. The van der Waals surface area contributed by atoms with Crippen LogP contribution >= 0.6 is 34.2 Å². The number of esters is 1. The van der Waals surface area contributed by atoms with Crippen LogP contribution in [0.5, 0.6) is 5.75 Å². The Morgan fingerprint density at radius 1 is 1.48 bits per heavy atom. The van der Waals surface area contributed by atoms with E-state index in [1.165, 1.54) is 19.1 Å². The first-order chi connectivity index (χ1) is 9.74. The number of fused-ring (bicyclic) bond motifs is 1. The molecule has 114 valence electrons. The van der Waals surface area contributed by atoms with Crippen molar-refractivity contribution >= 4 is 46.2 Å². The highest BCUT2D eigenvalue weighted by Gasteiger charge is 2.48.